The lowest BCUT2D eigenvalue weighted by Gasteiger charge is -2.37. The number of likely N-dealkylation sites (N-methyl/N-ethyl adjacent to an activating group) is 1. The molecule has 1 aliphatic heterocycles. The van der Waals surface area contributed by atoms with Crippen LogP contribution in [0, 0.1) is 0 Å². The third-order valence-electron chi connectivity index (χ3n) is 3.28. The van der Waals surface area contributed by atoms with Crippen molar-refractivity contribution in [2.45, 2.75) is 17.9 Å². The van der Waals surface area contributed by atoms with Crippen LogP contribution in [0.4, 0.5) is 5.69 Å². The number of nitrogen functional groups attached to an aromatic ring is 1. The Balaban J connectivity index is 2.35. The monoisotopic (exact) mass is 269 g/mol. The van der Waals surface area contributed by atoms with Gasteiger partial charge in [0.25, 0.3) is 0 Å². The first kappa shape index (κ1) is 13.3. The molecule has 0 bridgehead atoms. The molecule has 6 heteroatoms. The highest BCUT2D eigenvalue weighted by Crippen LogP contribution is 2.24. The van der Waals surface area contributed by atoms with Gasteiger partial charge in [-0.2, -0.15) is 4.31 Å². The van der Waals surface area contributed by atoms with Gasteiger partial charge in [-0.05, 0) is 26.1 Å². The molecule has 1 atom stereocenters. The Labute approximate surface area is 108 Å². The highest BCUT2D eigenvalue weighted by atomic mass is 32.2. The molecule has 1 fully saturated rings. The van der Waals surface area contributed by atoms with E-state index in [2.05, 4.69) is 4.90 Å². The van der Waals surface area contributed by atoms with E-state index in [4.69, 9.17) is 5.73 Å². The van der Waals surface area contributed by atoms with Crippen molar-refractivity contribution in [3.05, 3.63) is 24.3 Å². The summed E-state index contributed by atoms with van der Waals surface area (Å²) in [7, 11) is -1.49. The predicted octanol–water partition coefficient (Wildman–Crippen LogP) is 0.593. The van der Waals surface area contributed by atoms with Gasteiger partial charge in [0.15, 0.2) is 0 Å². The van der Waals surface area contributed by atoms with Gasteiger partial charge in [-0.15, -0.1) is 0 Å². The molecular formula is C12H19N3O2S. The van der Waals surface area contributed by atoms with Gasteiger partial charge in [0.1, 0.15) is 4.90 Å². The quantitative estimate of drug-likeness (QED) is 0.798. The van der Waals surface area contributed by atoms with Crippen molar-refractivity contribution in [2.75, 3.05) is 32.4 Å². The summed E-state index contributed by atoms with van der Waals surface area (Å²) in [5, 5.41) is 0. The summed E-state index contributed by atoms with van der Waals surface area (Å²) in [6.07, 6.45) is 0. The van der Waals surface area contributed by atoms with Crippen molar-refractivity contribution in [3.8, 4) is 0 Å². The molecule has 0 saturated carbocycles. The standard InChI is InChI=1S/C12H19N3O2S/c1-10-9-14(2)7-8-15(10)18(16,17)12-6-4-3-5-11(12)13/h3-6,10H,7-9,13H2,1-2H3. The van der Waals surface area contributed by atoms with Crippen LogP contribution in [0.1, 0.15) is 6.92 Å². The lowest BCUT2D eigenvalue weighted by molar-refractivity contribution is 0.170. The fraction of sp³-hybridized carbons (Fsp3) is 0.500. The lowest BCUT2D eigenvalue weighted by Crippen LogP contribution is -2.52. The van der Waals surface area contributed by atoms with E-state index in [1.54, 1.807) is 28.6 Å². The zero-order chi connectivity index (χ0) is 13.3. The summed E-state index contributed by atoms with van der Waals surface area (Å²) in [6, 6.07) is 6.59. The van der Waals surface area contributed by atoms with Gasteiger partial charge in [-0.25, -0.2) is 8.42 Å². The number of rotatable bonds is 2. The van der Waals surface area contributed by atoms with Crippen LogP contribution in [-0.2, 0) is 10.0 Å². The van der Waals surface area contributed by atoms with Gasteiger partial charge in [0.2, 0.25) is 10.0 Å². The largest absolute Gasteiger partial charge is 0.398 e. The molecule has 1 aromatic rings. The summed E-state index contributed by atoms with van der Waals surface area (Å²) in [5.41, 5.74) is 6.08. The van der Waals surface area contributed by atoms with Crippen LogP contribution in [0.2, 0.25) is 0 Å². The zero-order valence-corrected chi connectivity index (χ0v) is 11.5. The molecule has 1 aromatic carbocycles. The Kier molecular flexibility index (Phi) is 3.61. The van der Waals surface area contributed by atoms with Crippen molar-refractivity contribution in [3.63, 3.8) is 0 Å². The maximum atomic E-state index is 12.6. The van der Waals surface area contributed by atoms with Gasteiger partial charge in [-0.1, -0.05) is 12.1 Å². The van der Waals surface area contributed by atoms with Crippen LogP contribution in [0.15, 0.2) is 29.2 Å². The third-order valence-corrected chi connectivity index (χ3v) is 5.36. The third kappa shape index (κ3) is 2.36. The van der Waals surface area contributed by atoms with E-state index < -0.39 is 10.0 Å². The minimum absolute atomic E-state index is 0.0339. The van der Waals surface area contributed by atoms with Gasteiger partial charge in [0.05, 0.1) is 5.69 Å². The molecule has 1 aliphatic rings. The first-order valence-electron chi connectivity index (χ1n) is 5.98. The molecule has 0 spiro atoms. The zero-order valence-electron chi connectivity index (χ0n) is 10.7. The van der Waals surface area contributed by atoms with Gasteiger partial charge < -0.3 is 10.6 Å². The number of para-hydroxylation sites is 1. The number of hydrogen-bond donors (Lipinski definition) is 1. The number of anilines is 1. The van der Waals surface area contributed by atoms with Crippen molar-refractivity contribution >= 4 is 15.7 Å². The smallest absolute Gasteiger partial charge is 0.245 e. The number of nitrogens with zero attached hydrogens (tertiary/aromatic N) is 2. The molecule has 2 rings (SSSR count). The minimum atomic E-state index is -3.48. The highest BCUT2D eigenvalue weighted by Gasteiger charge is 2.33. The molecule has 1 unspecified atom stereocenters. The Morgan fingerprint density at radius 2 is 1.94 bits per heavy atom. The van der Waals surface area contributed by atoms with Crippen LogP contribution in [0.3, 0.4) is 0 Å². The summed E-state index contributed by atoms with van der Waals surface area (Å²) in [6.45, 7) is 3.92. The fourth-order valence-electron chi connectivity index (χ4n) is 2.32. The van der Waals surface area contributed by atoms with Crippen LogP contribution < -0.4 is 5.73 Å². The lowest BCUT2D eigenvalue weighted by atomic mass is 10.2. The Bertz CT molecular complexity index is 530. The van der Waals surface area contributed by atoms with Crippen molar-refractivity contribution < 1.29 is 8.42 Å². The summed E-state index contributed by atoms with van der Waals surface area (Å²) in [4.78, 5) is 2.34. The number of benzene rings is 1. The molecule has 0 aliphatic carbocycles. The number of piperazine rings is 1. The second-order valence-electron chi connectivity index (χ2n) is 4.76. The highest BCUT2D eigenvalue weighted by molar-refractivity contribution is 7.89. The summed E-state index contributed by atoms with van der Waals surface area (Å²) >= 11 is 0. The van der Waals surface area contributed by atoms with E-state index in [0.29, 0.717) is 12.2 Å². The van der Waals surface area contributed by atoms with E-state index in [-0.39, 0.29) is 10.9 Å². The van der Waals surface area contributed by atoms with E-state index in [9.17, 15) is 8.42 Å². The maximum Gasteiger partial charge on any atom is 0.245 e. The SMILES string of the molecule is CC1CN(C)CCN1S(=O)(=O)c1ccccc1N. The average Bonchev–Trinajstić information content (AvgIpc) is 2.28. The van der Waals surface area contributed by atoms with Crippen LogP contribution in [-0.4, -0.2) is 50.3 Å². The van der Waals surface area contributed by atoms with Gasteiger partial charge >= 0.3 is 0 Å². The second-order valence-corrected chi connectivity index (χ2v) is 6.62. The Morgan fingerprint density at radius 1 is 1.28 bits per heavy atom. The summed E-state index contributed by atoms with van der Waals surface area (Å²) < 4.78 is 26.6. The number of hydrogen-bond acceptors (Lipinski definition) is 4. The van der Waals surface area contributed by atoms with Gasteiger partial charge in [-0.3, -0.25) is 0 Å². The van der Waals surface area contributed by atoms with E-state index in [0.717, 1.165) is 13.1 Å². The molecular weight excluding hydrogens is 250 g/mol. The number of nitrogens with two attached hydrogens (primary N) is 1. The fourth-order valence-corrected chi connectivity index (χ4v) is 4.05. The van der Waals surface area contributed by atoms with Gasteiger partial charge in [0, 0.05) is 25.7 Å². The normalized spacial score (nSPS) is 23.1. The first-order chi connectivity index (χ1) is 8.43. The Morgan fingerprint density at radius 3 is 2.56 bits per heavy atom. The molecule has 1 saturated heterocycles. The van der Waals surface area contributed by atoms with E-state index >= 15 is 0 Å². The van der Waals surface area contributed by atoms with E-state index in [1.165, 1.54) is 0 Å². The minimum Gasteiger partial charge on any atom is -0.398 e. The molecule has 1 heterocycles. The topological polar surface area (TPSA) is 66.6 Å². The van der Waals surface area contributed by atoms with Crippen molar-refractivity contribution in [1.82, 2.24) is 9.21 Å². The molecule has 5 nitrogen and oxygen atoms in total. The van der Waals surface area contributed by atoms with Crippen LogP contribution in [0.25, 0.3) is 0 Å². The molecule has 100 valence electrons. The second kappa shape index (κ2) is 4.87. The molecule has 18 heavy (non-hydrogen) atoms. The predicted molar refractivity (Wildman–Crippen MR) is 71.7 cm³/mol. The maximum absolute atomic E-state index is 12.6. The van der Waals surface area contributed by atoms with Crippen molar-refractivity contribution in [2.24, 2.45) is 0 Å². The summed E-state index contributed by atoms with van der Waals surface area (Å²) in [5.74, 6) is 0. The van der Waals surface area contributed by atoms with Crippen LogP contribution in [0.5, 0.6) is 0 Å². The number of sulfonamides is 1. The first-order valence-corrected chi connectivity index (χ1v) is 7.42. The van der Waals surface area contributed by atoms with E-state index in [1.807, 2.05) is 14.0 Å². The Hall–Kier alpha value is -1.11. The molecule has 0 radical (unpaired) electrons. The van der Waals surface area contributed by atoms with Crippen LogP contribution >= 0.6 is 0 Å². The molecule has 0 aromatic heterocycles. The molecule has 2 N–H and O–H groups in total. The van der Waals surface area contributed by atoms with Crippen molar-refractivity contribution in [1.29, 1.82) is 0 Å². The molecule has 0 amide bonds. The average molecular weight is 269 g/mol.